The Morgan fingerprint density at radius 3 is 2.44 bits per heavy atom. The quantitative estimate of drug-likeness (QED) is 0.776. The van der Waals surface area contributed by atoms with Crippen molar-refractivity contribution in [2.45, 2.75) is 24.9 Å². The van der Waals surface area contributed by atoms with Gasteiger partial charge in [0.2, 0.25) is 5.95 Å². The van der Waals surface area contributed by atoms with E-state index in [1.54, 1.807) is 36.8 Å². The largest absolute Gasteiger partial charge is 0.341 e. The van der Waals surface area contributed by atoms with Crippen molar-refractivity contribution >= 4 is 17.9 Å². The van der Waals surface area contributed by atoms with Gasteiger partial charge in [-0.15, -0.1) is 0 Å². The summed E-state index contributed by atoms with van der Waals surface area (Å²) in [4.78, 5) is 48.8. The smallest absolute Gasteiger partial charge is 0.325 e. The maximum atomic E-state index is 12.9. The van der Waals surface area contributed by atoms with Crippen LogP contribution < -0.4 is 15.8 Å². The van der Waals surface area contributed by atoms with Gasteiger partial charge in [0.05, 0.1) is 0 Å². The number of piperidine rings is 1. The topological polar surface area (TPSA) is 100 Å². The van der Waals surface area contributed by atoms with E-state index in [9.17, 15) is 14.4 Å². The average Bonchev–Trinajstić information content (AvgIpc) is 2.92. The number of imide groups is 1. The van der Waals surface area contributed by atoms with Crippen molar-refractivity contribution in [1.29, 1.82) is 0 Å². The highest BCUT2D eigenvalue weighted by Gasteiger charge is 2.52. The molecule has 0 saturated carbocycles. The van der Waals surface area contributed by atoms with Crippen LogP contribution in [0.4, 0.5) is 10.7 Å². The van der Waals surface area contributed by atoms with Gasteiger partial charge in [0.15, 0.2) is 0 Å². The van der Waals surface area contributed by atoms with Crippen molar-refractivity contribution in [3.8, 4) is 0 Å². The van der Waals surface area contributed by atoms with Crippen LogP contribution >= 0.6 is 0 Å². The predicted molar refractivity (Wildman–Crippen MR) is 97.2 cm³/mol. The zero-order valence-electron chi connectivity index (χ0n) is 14.7. The predicted octanol–water partition coefficient (Wildman–Crippen LogP) is 0.229. The summed E-state index contributed by atoms with van der Waals surface area (Å²) in [5.41, 5.74) is -1.03. The maximum absolute atomic E-state index is 12.9. The molecule has 9 heteroatoms. The third-order valence-electron chi connectivity index (χ3n) is 5.16. The van der Waals surface area contributed by atoms with Crippen LogP contribution in [0.2, 0.25) is 0 Å². The summed E-state index contributed by atoms with van der Waals surface area (Å²) in [5, 5.41) is 2.87. The average molecular weight is 368 g/mol. The number of nitrogens with zero attached hydrogens (tertiary/aromatic N) is 5. The molecule has 2 saturated heterocycles. The number of carbonyl (C=O) groups is 2. The lowest BCUT2D eigenvalue weighted by Crippen LogP contribution is -2.55. The molecule has 9 nitrogen and oxygen atoms in total. The highest BCUT2D eigenvalue weighted by molar-refractivity contribution is 6.07. The van der Waals surface area contributed by atoms with Gasteiger partial charge in [0, 0.05) is 50.8 Å². The van der Waals surface area contributed by atoms with E-state index in [1.165, 1.54) is 15.5 Å². The second kappa shape index (κ2) is 6.82. The molecule has 0 atom stereocenters. The molecule has 1 spiro atoms. The summed E-state index contributed by atoms with van der Waals surface area (Å²) >= 11 is 0. The number of pyridine rings is 1. The first-order valence-corrected chi connectivity index (χ1v) is 8.91. The van der Waals surface area contributed by atoms with Crippen LogP contribution in [0.15, 0.2) is 47.7 Å². The zero-order valence-corrected chi connectivity index (χ0v) is 14.7. The van der Waals surface area contributed by atoms with Crippen molar-refractivity contribution < 1.29 is 9.59 Å². The third-order valence-corrected chi connectivity index (χ3v) is 5.16. The molecule has 3 amide bonds. The molecular weight excluding hydrogens is 348 g/mol. The molecule has 0 radical (unpaired) electrons. The van der Waals surface area contributed by atoms with Crippen LogP contribution in [0.1, 0.15) is 12.8 Å². The molecule has 0 unspecified atom stereocenters. The Hall–Kier alpha value is -3.23. The van der Waals surface area contributed by atoms with Crippen LogP contribution in [0.25, 0.3) is 0 Å². The molecule has 2 aromatic rings. The number of rotatable bonds is 4. The molecule has 2 aliphatic heterocycles. The first kappa shape index (κ1) is 17.2. The van der Waals surface area contributed by atoms with Gasteiger partial charge in [0.25, 0.3) is 11.5 Å². The molecule has 2 aliphatic rings. The Kier molecular flexibility index (Phi) is 4.35. The van der Waals surface area contributed by atoms with Crippen LogP contribution in [0, 0.1) is 0 Å². The van der Waals surface area contributed by atoms with E-state index >= 15 is 0 Å². The fourth-order valence-corrected chi connectivity index (χ4v) is 3.61. The molecule has 1 N–H and O–H groups in total. The van der Waals surface area contributed by atoms with E-state index in [1.807, 2.05) is 4.90 Å². The number of hydrogen-bond donors (Lipinski definition) is 1. The molecule has 4 heterocycles. The van der Waals surface area contributed by atoms with Crippen molar-refractivity contribution in [1.82, 2.24) is 24.8 Å². The molecule has 2 fully saturated rings. The molecule has 4 rings (SSSR count). The molecule has 140 valence electrons. The number of nitrogens with one attached hydrogen (secondary N) is 1. The van der Waals surface area contributed by atoms with Gasteiger partial charge in [-0.25, -0.2) is 14.8 Å². The van der Waals surface area contributed by atoms with Crippen molar-refractivity contribution in [2.75, 3.05) is 24.5 Å². The Morgan fingerprint density at radius 2 is 1.74 bits per heavy atom. The van der Waals surface area contributed by atoms with Gasteiger partial charge in [-0.1, -0.05) is 6.07 Å². The second-order valence-corrected chi connectivity index (χ2v) is 6.74. The third kappa shape index (κ3) is 3.16. The van der Waals surface area contributed by atoms with E-state index in [-0.39, 0.29) is 24.6 Å². The minimum absolute atomic E-state index is 0.157. The number of anilines is 1. The molecule has 2 aromatic heterocycles. The lowest BCUT2D eigenvalue weighted by molar-refractivity contribution is -0.132. The van der Waals surface area contributed by atoms with Crippen LogP contribution in [-0.4, -0.2) is 56.5 Å². The number of carbonyl (C=O) groups excluding carboxylic acids is 2. The van der Waals surface area contributed by atoms with Crippen LogP contribution in [0.5, 0.6) is 0 Å². The van der Waals surface area contributed by atoms with Crippen molar-refractivity contribution in [3.05, 3.63) is 53.2 Å². The summed E-state index contributed by atoms with van der Waals surface area (Å²) in [7, 11) is 0. The lowest BCUT2D eigenvalue weighted by atomic mass is 9.87. The highest BCUT2D eigenvalue weighted by Crippen LogP contribution is 2.30. The van der Waals surface area contributed by atoms with Crippen molar-refractivity contribution in [2.24, 2.45) is 0 Å². The van der Waals surface area contributed by atoms with Crippen LogP contribution in [-0.2, 0) is 11.3 Å². The standard InChI is InChI=1S/C18H20N6O3/c25-14-4-1-2-9-22(14)12-13-24-15(26)18(21-17(24)27)5-10-23(11-6-18)16-19-7-3-8-20-16/h1-4,7-9H,5-6,10-13H2,(H,21,27). The highest BCUT2D eigenvalue weighted by atomic mass is 16.2. The molecule has 0 aromatic carbocycles. The zero-order chi connectivity index (χ0) is 18.9. The monoisotopic (exact) mass is 368 g/mol. The Balaban J connectivity index is 1.42. The van der Waals surface area contributed by atoms with Gasteiger partial charge in [-0.3, -0.25) is 14.5 Å². The summed E-state index contributed by atoms with van der Waals surface area (Å²) in [6, 6.07) is 6.22. The molecule has 0 aliphatic carbocycles. The number of amides is 3. The Morgan fingerprint density at radius 1 is 1.00 bits per heavy atom. The van der Waals surface area contributed by atoms with Gasteiger partial charge >= 0.3 is 6.03 Å². The van der Waals surface area contributed by atoms with Crippen LogP contribution in [0.3, 0.4) is 0 Å². The SMILES string of the molecule is O=C1NC2(CCN(c3ncccn3)CC2)C(=O)N1CCn1ccccc1=O. The fourth-order valence-electron chi connectivity index (χ4n) is 3.61. The number of urea groups is 1. The summed E-state index contributed by atoms with van der Waals surface area (Å²) < 4.78 is 1.49. The van der Waals surface area contributed by atoms with Gasteiger partial charge in [-0.2, -0.15) is 0 Å². The van der Waals surface area contributed by atoms with E-state index in [0.29, 0.717) is 31.9 Å². The maximum Gasteiger partial charge on any atom is 0.325 e. The van der Waals surface area contributed by atoms with Gasteiger partial charge in [0.1, 0.15) is 5.54 Å². The van der Waals surface area contributed by atoms with E-state index < -0.39 is 11.6 Å². The fraction of sp³-hybridized carbons (Fsp3) is 0.389. The van der Waals surface area contributed by atoms with E-state index in [0.717, 1.165) is 0 Å². The minimum Gasteiger partial charge on any atom is -0.341 e. The normalized spacial score (nSPS) is 18.8. The number of aromatic nitrogens is 3. The van der Waals surface area contributed by atoms with Gasteiger partial charge < -0.3 is 14.8 Å². The lowest BCUT2D eigenvalue weighted by Gasteiger charge is -2.37. The van der Waals surface area contributed by atoms with Gasteiger partial charge in [-0.05, 0) is 25.0 Å². The first-order chi connectivity index (χ1) is 13.1. The van der Waals surface area contributed by atoms with E-state index in [2.05, 4.69) is 15.3 Å². The summed E-state index contributed by atoms with van der Waals surface area (Å²) in [5.74, 6) is 0.412. The minimum atomic E-state index is -0.871. The van der Waals surface area contributed by atoms with Crippen molar-refractivity contribution in [3.63, 3.8) is 0 Å². The Labute approximate surface area is 155 Å². The Bertz CT molecular complexity index is 905. The number of hydrogen-bond acceptors (Lipinski definition) is 6. The molecule has 0 bridgehead atoms. The summed E-state index contributed by atoms with van der Waals surface area (Å²) in [6.45, 7) is 1.62. The molecular formula is C18H20N6O3. The second-order valence-electron chi connectivity index (χ2n) is 6.74. The first-order valence-electron chi connectivity index (χ1n) is 8.91. The summed E-state index contributed by atoms with van der Waals surface area (Å²) in [6.07, 6.45) is 6.01. The van der Waals surface area contributed by atoms with E-state index in [4.69, 9.17) is 0 Å². The molecule has 27 heavy (non-hydrogen) atoms.